The van der Waals surface area contributed by atoms with Gasteiger partial charge in [0.25, 0.3) is 0 Å². The van der Waals surface area contributed by atoms with Crippen LogP contribution in [-0.2, 0) is 10.3 Å². The number of carbonyl (C=O) groups excluding carboxylic acids is 1. The lowest BCUT2D eigenvalue weighted by Crippen LogP contribution is -2.38. The largest absolute Gasteiger partial charge is 0.291 e. The molecule has 1 aliphatic heterocycles. The lowest BCUT2D eigenvalue weighted by atomic mass is 9.89. The summed E-state index contributed by atoms with van der Waals surface area (Å²) in [6.07, 6.45) is 0.453. The summed E-state index contributed by atoms with van der Waals surface area (Å²) in [6.45, 7) is 2.02. The normalized spacial score (nSPS) is 21.4. The Morgan fingerprint density at radius 1 is 1.10 bits per heavy atom. The topological polar surface area (TPSA) is 41.1 Å². The molecule has 2 aromatic rings. The average Bonchev–Trinajstić information content (AvgIpc) is 2.80. The van der Waals surface area contributed by atoms with E-state index in [1.165, 1.54) is 0 Å². The minimum absolute atomic E-state index is 0.0252. The number of hydrazine groups is 1. The minimum Gasteiger partial charge on any atom is -0.291 e. The molecule has 21 heavy (non-hydrogen) atoms. The second-order valence-corrected chi connectivity index (χ2v) is 7.15. The van der Waals surface area contributed by atoms with Gasteiger partial charge in [-0.15, -0.1) is 0 Å². The standard InChI is InChI=1S/C16H14Br2N2O/c1-16(9-15(21)19-20-16)11-4-2-10(3-5-11)13-7-6-12(17)8-14(13)18/h2-8,20H,9H2,1H3,(H,19,21). The highest BCUT2D eigenvalue weighted by molar-refractivity contribution is 9.11. The summed E-state index contributed by atoms with van der Waals surface area (Å²) in [5.74, 6) is 0.0252. The van der Waals surface area contributed by atoms with Gasteiger partial charge < -0.3 is 0 Å². The van der Waals surface area contributed by atoms with Crippen molar-refractivity contribution in [3.05, 3.63) is 57.0 Å². The molecule has 0 aromatic heterocycles. The zero-order valence-corrected chi connectivity index (χ0v) is 14.6. The zero-order valence-electron chi connectivity index (χ0n) is 11.4. The van der Waals surface area contributed by atoms with Crippen LogP contribution in [0.15, 0.2) is 51.4 Å². The van der Waals surface area contributed by atoms with Crippen LogP contribution in [0.1, 0.15) is 18.9 Å². The van der Waals surface area contributed by atoms with E-state index >= 15 is 0 Å². The SMILES string of the molecule is CC1(c2ccc(-c3ccc(Br)cc3Br)cc2)CC(=O)NN1. The van der Waals surface area contributed by atoms with Crippen LogP contribution in [0.4, 0.5) is 0 Å². The first-order valence-corrected chi connectivity index (χ1v) is 8.18. The summed E-state index contributed by atoms with van der Waals surface area (Å²) in [5.41, 5.74) is 8.77. The number of hydrogen-bond donors (Lipinski definition) is 2. The molecule has 108 valence electrons. The highest BCUT2D eigenvalue weighted by Gasteiger charge is 2.35. The molecule has 0 aliphatic carbocycles. The van der Waals surface area contributed by atoms with Crippen molar-refractivity contribution in [2.75, 3.05) is 0 Å². The van der Waals surface area contributed by atoms with Crippen molar-refractivity contribution in [2.24, 2.45) is 0 Å². The van der Waals surface area contributed by atoms with E-state index in [1.54, 1.807) is 0 Å². The Bertz CT molecular complexity index is 700. The number of halogens is 2. The van der Waals surface area contributed by atoms with Crippen molar-refractivity contribution in [1.82, 2.24) is 10.9 Å². The molecule has 3 rings (SSSR count). The number of carbonyl (C=O) groups is 1. The molecular formula is C16H14Br2N2O. The quantitative estimate of drug-likeness (QED) is 0.783. The van der Waals surface area contributed by atoms with Crippen LogP contribution < -0.4 is 10.9 Å². The van der Waals surface area contributed by atoms with Crippen molar-refractivity contribution < 1.29 is 4.79 Å². The molecule has 1 amide bonds. The summed E-state index contributed by atoms with van der Waals surface area (Å²) in [5, 5.41) is 0. The van der Waals surface area contributed by atoms with Gasteiger partial charge >= 0.3 is 0 Å². The molecule has 1 aliphatic rings. The summed E-state index contributed by atoms with van der Waals surface area (Å²) in [6, 6.07) is 14.4. The number of nitrogens with one attached hydrogen (secondary N) is 2. The van der Waals surface area contributed by atoms with Gasteiger partial charge in [0.15, 0.2) is 0 Å². The van der Waals surface area contributed by atoms with E-state index in [4.69, 9.17) is 0 Å². The Hall–Kier alpha value is -1.17. The molecule has 1 saturated heterocycles. The van der Waals surface area contributed by atoms with Crippen molar-refractivity contribution in [2.45, 2.75) is 18.9 Å². The molecule has 1 heterocycles. The van der Waals surface area contributed by atoms with Gasteiger partial charge in [-0.2, -0.15) is 0 Å². The molecule has 2 aromatic carbocycles. The predicted octanol–water partition coefficient (Wildman–Crippen LogP) is 4.12. The number of hydrogen-bond acceptors (Lipinski definition) is 2. The van der Waals surface area contributed by atoms with Crippen molar-refractivity contribution >= 4 is 37.8 Å². The fourth-order valence-corrected chi connectivity index (χ4v) is 3.81. The van der Waals surface area contributed by atoms with Crippen molar-refractivity contribution in [3.8, 4) is 11.1 Å². The van der Waals surface area contributed by atoms with E-state index in [0.717, 1.165) is 25.6 Å². The van der Waals surface area contributed by atoms with Crippen LogP contribution in [-0.4, -0.2) is 5.91 Å². The lowest BCUT2D eigenvalue weighted by Gasteiger charge is -2.23. The van der Waals surface area contributed by atoms with Crippen LogP contribution in [0, 0.1) is 0 Å². The molecule has 1 unspecified atom stereocenters. The maximum absolute atomic E-state index is 11.4. The molecule has 0 saturated carbocycles. The van der Waals surface area contributed by atoms with Gasteiger partial charge in [-0.3, -0.25) is 10.2 Å². The summed E-state index contributed by atoms with van der Waals surface area (Å²) in [7, 11) is 0. The second kappa shape index (κ2) is 5.55. The average molecular weight is 410 g/mol. The van der Waals surface area contributed by atoms with Crippen LogP contribution in [0.5, 0.6) is 0 Å². The van der Waals surface area contributed by atoms with Gasteiger partial charge in [0, 0.05) is 8.95 Å². The first kappa shape index (κ1) is 14.8. The molecule has 0 bridgehead atoms. The maximum atomic E-state index is 11.4. The van der Waals surface area contributed by atoms with Crippen LogP contribution in [0.2, 0.25) is 0 Å². The molecule has 5 heteroatoms. The smallest absolute Gasteiger partial charge is 0.236 e. The molecule has 2 N–H and O–H groups in total. The molecule has 0 spiro atoms. The molecular weight excluding hydrogens is 396 g/mol. The van der Waals surface area contributed by atoms with E-state index in [0.29, 0.717) is 6.42 Å². The van der Waals surface area contributed by atoms with Crippen LogP contribution in [0.25, 0.3) is 11.1 Å². The number of amides is 1. The van der Waals surface area contributed by atoms with Gasteiger partial charge in [-0.05, 0) is 35.7 Å². The van der Waals surface area contributed by atoms with Crippen molar-refractivity contribution in [3.63, 3.8) is 0 Å². The highest BCUT2D eigenvalue weighted by atomic mass is 79.9. The number of benzene rings is 2. The van der Waals surface area contributed by atoms with Gasteiger partial charge in [0.1, 0.15) is 0 Å². The Kier molecular flexibility index (Phi) is 3.90. The predicted molar refractivity (Wildman–Crippen MR) is 90.5 cm³/mol. The summed E-state index contributed by atoms with van der Waals surface area (Å²) < 4.78 is 2.09. The Labute approximate surface area is 140 Å². The van der Waals surface area contributed by atoms with Gasteiger partial charge in [-0.1, -0.05) is 62.2 Å². The Morgan fingerprint density at radius 3 is 2.38 bits per heavy atom. The number of rotatable bonds is 2. The third-order valence-corrected chi connectivity index (χ3v) is 4.91. The minimum atomic E-state index is -0.341. The summed E-state index contributed by atoms with van der Waals surface area (Å²) in [4.78, 5) is 11.4. The lowest BCUT2D eigenvalue weighted by molar-refractivity contribution is -0.119. The van der Waals surface area contributed by atoms with Gasteiger partial charge in [0.05, 0.1) is 12.0 Å². The molecule has 3 nitrogen and oxygen atoms in total. The Morgan fingerprint density at radius 2 is 1.81 bits per heavy atom. The summed E-state index contributed by atoms with van der Waals surface area (Å²) >= 11 is 7.05. The van der Waals surface area contributed by atoms with E-state index in [9.17, 15) is 4.79 Å². The van der Waals surface area contributed by atoms with Gasteiger partial charge in [-0.25, -0.2) is 5.43 Å². The molecule has 1 fully saturated rings. The third kappa shape index (κ3) is 2.91. The van der Waals surface area contributed by atoms with Crippen molar-refractivity contribution in [1.29, 1.82) is 0 Å². The fraction of sp³-hybridized carbons (Fsp3) is 0.188. The van der Waals surface area contributed by atoms with Crippen LogP contribution >= 0.6 is 31.9 Å². The molecule has 1 atom stereocenters. The highest BCUT2D eigenvalue weighted by Crippen LogP contribution is 2.33. The van der Waals surface area contributed by atoms with E-state index < -0.39 is 0 Å². The molecule has 0 radical (unpaired) electrons. The Balaban J connectivity index is 1.92. The zero-order chi connectivity index (χ0) is 15.0. The van der Waals surface area contributed by atoms with Crippen LogP contribution in [0.3, 0.4) is 0 Å². The van der Waals surface area contributed by atoms with E-state index in [2.05, 4.69) is 73.0 Å². The van der Waals surface area contributed by atoms with E-state index in [-0.39, 0.29) is 11.4 Å². The second-order valence-electron chi connectivity index (χ2n) is 5.38. The third-order valence-electron chi connectivity index (χ3n) is 3.76. The maximum Gasteiger partial charge on any atom is 0.236 e. The fourth-order valence-electron chi connectivity index (χ4n) is 2.53. The first-order chi connectivity index (χ1) is 9.98. The first-order valence-electron chi connectivity index (χ1n) is 6.60. The monoisotopic (exact) mass is 408 g/mol. The van der Waals surface area contributed by atoms with Gasteiger partial charge in [0.2, 0.25) is 5.91 Å². The van der Waals surface area contributed by atoms with E-state index in [1.807, 2.05) is 19.1 Å².